The first-order valence-corrected chi connectivity index (χ1v) is 18.6. The highest BCUT2D eigenvalue weighted by Crippen LogP contribution is 2.33. The molecule has 1 aliphatic carbocycles. The number of ether oxygens (including phenoxy) is 2. The Balaban J connectivity index is 1.59. The van der Waals surface area contributed by atoms with E-state index < -0.39 is 28.5 Å². The smallest absolute Gasteiger partial charge is 0.264 e. The van der Waals surface area contributed by atoms with E-state index in [4.69, 9.17) is 32.7 Å². The molecule has 1 N–H and O–H groups in total. The minimum atomic E-state index is -4.35. The zero-order valence-corrected chi connectivity index (χ0v) is 30.6. The van der Waals surface area contributed by atoms with Gasteiger partial charge in [0.25, 0.3) is 10.0 Å². The number of aryl methyl sites for hydroxylation is 1. The van der Waals surface area contributed by atoms with Crippen LogP contribution in [0.15, 0.2) is 95.9 Å². The Morgan fingerprint density at radius 2 is 1.52 bits per heavy atom. The van der Waals surface area contributed by atoms with Gasteiger partial charge in [-0.1, -0.05) is 90.1 Å². The summed E-state index contributed by atoms with van der Waals surface area (Å²) in [6, 6.07) is 24.6. The molecule has 1 saturated carbocycles. The standard InChI is InChI=1S/C38H41Cl2N3O6S/c1-26-13-16-30(17-14-26)43(50(46,47)31-18-20-35(48-2)36(23-31)49-3)25-37(44)42(24-28-15-19-32(39)33(40)21-28)34(22-27-9-5-4-6-10-27)38(45)41-29-11-7-8-12-29/h4-6,9-10,13-21,23,29,34H,7-8,11-12,22,24-25H2,1-3H3,(H,41,45)/t34-/m1/s1. The fraction of sp³-hybridized carbons (Fsp3) is 0.316. The minimum Gasteiger partial charge on any atom is -0.493 e. The molecule has 4 aromatic rings. The summed E-state index contributed by atoms with van der Waals surface area (Å²) in [5, 5.41) is 3.82. The number of hydrogen-bond acceptors (Lipinski definition) is 6. The molecule has 5 rings (SSSR count). The molecule has 9 nitrogen and oxygen atoms in total. The van der Waals surface area contributed by atoms with E-state index in [-0.39, 0.29) is 41.2 Å². The first-order chi connectivity index (χ1) is 24.0. The lowest BCUT2D eigenvalue weighted by molar-refractivity contribution is -0.140. The van der Waals surface area contributed by atoms with Gasteiger partial charge in [-0.05, 0) is 67.3 Å². The second-order valence-corrected chi connectivity index (χ2v) is 15.0. The Bertz CT molecular complexity index is 1900. The lowest BCUT2D eigenvalue weighted by Crippen LogP contribution is -2.54. The highest BCUT2D eigenvalue weighted by atomic mass is 35.5. The van der Waals surface area contributed by atoms with E-state index in [0.717, 1.165) is 41.1 Å². The third-order valence-corrected chi connectivity index (χ3v) is 11.4. The van der Waals surface area contributed by atoms with E-state index in [0.29, 0.717) is 21.4 Å². The number of rotatable bonds is 14. The van der Waals surface area contributed by atoms with E-state index in [1.807, 2.05) is 37.3 Å². The number of anilines is 1. The molecule has 0 bridgehead atoms. The first kappa shape index (κ1) is 37.0. The maximum absolute atomic E-state index is 14.8. The van der Waals surface area contributed by atoms with Crippen molar-refractivity contribution >= 4 is 50.7 Å². The third-order valence-electron chi connectivity index (χ3n) is 8.85. The summed E-state index contributed by atoms with van der Waals surface area (Å²) >= 11 is 12.6. The second-order valence-electron chi connectivity index (χ2n) is 12.3. The zero-order chi connectivity index (χ0) is 35.8. The lowest BCUT2D eigenvalue weighted by Gasteiger charge is -2.34. The van der Waals surface area contributed by atoms with Crippen molar-refractivity contribution in [2.24, 2.45) is 0 Å². The van der Waals surface area contributed by atoms with E-state index in [1.165, 1.54) is 37.3 Å². The number of amides is 2. The number of methoxy groups -OCH3 is 2. The predicted octanol–water partition coefficient (Wildman–Crippen LogP) is 7.21. The van der Waals surface area contributed by atoms with Crippen LogP contribution in [0.5, 0.6) is 11.5 Å². The van der Waals surface area contributed by atoms with E-state index >= 15 is 0 Å². The summed E-state index contributed by atoms with van der Waals surface area (Å²) in [4.78, 5) is 30.3. The van der Waals surface area contributed by atoms with Crippen molar-refractivity contribution in [1.82, 2.24) is 10.2 Å². The summed E-state index contributed by atoms with van der Waals surface area (Å²) in [5.41, 5.74) is 2.67. The summed E-state index contributed by atoms with van der Waals surface area (Å²) in [6.45, 7) is 1.27. The SMILES string of the molecule is COc1ccc(S(=O)(=O)N(CC(=O)N(Cc2ccc(Cl)c(Cl)c2)[C@H](Cc2ccccc2)C(=O)NC2CCCC2)c2ccc(C)cc2)cc1OC. The summed E-state index contributed by atoms with van der Waals surface area (Å²) in [6.07, 6.45) is 3.95. The zero-order valence-electron chi connectivity index (χ0n) is 28.3. The number of hydrogen-bond donors (Lipinski definition) is 1. The second kappa shape index (κ2) is 16.6. The molecule has 0 heterocycles. The molecule has 4 aromatic carbocycles. The molecule has 12 heteroatoms. The van der Waals surface area contributed by atoms with Crippen LogP contribution in [0.4, 0.5) is 5.69 Å². The molecule has 264 valence electrons. The van der Waals surface area contributed by atoms with Crippen molar-refractivity contribution < 1.29 is 27.5 Å². The number of carbonyl (C=O) groups is 2. The van der Waals surface area contributed by atoms with Crippen LogP contribution < -0.4 is 19.1 Å². The number of nitrogens with one attached hydrogen (secondary N) is 1. The molecule has 0 saturated heterocycles. The Hall–Kier alpha value is -4.25. The Kier molecular flexibility index (Phi) is 12.3. The van der Waals surface area contributed by atoms with Crippen molar-refractivity contribution in [2.45, 2.75) is 62.6 Å². The largest absolute Gasteiger partial charge is 0.493 e. The maximum Gasteiger partial charge on any atom is 0.264 e. The van der Waals surface area contributed by atoms with Crippen LogP contribution in [0, 0.1) is 6.92 Å². The van der Waals surface area contributed by atoms with Crippen LogP contribution in [0.25, 0.3) is 0 Å². The van der Waals surface area contributed by atoms with Crippen LogP contribution in [-0.2, 0) is 32.6 Å². The topological polar surface area (TPSA) is 105 Å². The highest BCUT2D eigenvalue weighted by Gasteiger charge is 2.36. The Labute approximate surface area is 304 Å². The van der Waals surface area contributed by atoms with Crippen molar-refractivity contribution in [3.05, 3.63) is 118 Å². The van der Waals surface area contributed by atoms with E-state index in [1.54, 1.807) is 42.5 Å². The molecule has 0 radical (unpaired) electrons. The van der Waals surface area contributed by atoms with Gasteiger partial charge in [0, 0.05) is 25.1 Å². The molecule has 1 aliphatic rings. The first-order valence-electron chi connectivity index (χ1n) is 16.4. The summed E-state index contributed by atoms with van der Waals surface area (Å²) in [5.74, 6) is -0.312. The van der Waals surface area contributed by atoms with Crippen LogP contribution in [-0.4, -0.2) is 58.0 Å². The minimum absolute atomic E-state index is 0.00260. The highest BCUT2D eigenvalue weighted by molar-refractivity contribution is 7.92. The monoisotopic (exact) mass is 737 g/mol. The van der Waals surface area contributed by atoms with Crippen molar-refractivity contribution in [3.63, 3.8) is 0 Å². The van der Waals surface area contributed by atoms with Gasteiger partial charge in [-0.25, -0.2) is 8.42 Å². The van der Waals surface area contributed by atoms with Crippen molar-refractivity contribution in [3.8, 4) is 11.5 Å². The van der Waals surface area contributed by atoms with Crippen molar-refractivity contribution in [2.75, 3.05) is 25.1 Å². The van der Waals surface area contributed by atoms with Gasteiger partial charge >= 0.3 is 0 Å². The number of carbonyl (C=O) groups excluding carboxylic acids is 2. The molecule has 1 fully saturated rings. The van der Waals surface area contributed by atoms with Gasteiger partial charge in [-0.2, -0.15) is 0 Å². The molecular formula is C38H41Cl2N3O6S. The Morgan fingerprint density at radius 1 is 0.840 bits per heavy atom. The van der Waals surface area contributed by atoms with Gasteiger partial charge in [0.05, 0.1) is 34.8 Å². The quantitative estimate of drug-likeness (QED) is 0.147. The average molecular weight is 739 g/mol. The fourth-order valence-electron chi connectivity index (χ4n) is 6.10. The molecule has 0 unspecified atom stereocenters. The molecule has 50 heavy (non-hydrogen) atoms. The van der Waals surface area contributed by atoms with E-state index in [2.05, 4.69) is 5.32 Å². The van der Waals surface area contributed by atoms with Gasteiger partial charge in [0.15, 0.2) is 11.5 Å². The Morgan fingerprint density at radius 3 is 2.16 bits per heavy atom. The average Bonchev–Trinajstić information content (AvgIpc) is 3.63. The van der Waals surface area contributed by atoms with Crippen molar-refractivity contribution in [1.29, 1.82) is 0 Å². The molecule has 1 atom stereocenters. The van der Waals surface area contributed by atoms with Crippen LogP contribution in [0.1, 0.15) is 42.4 Å². The number of nitrogens with zero attached hydrogens (tertiary/aromatic N) is 2. The normalized spacial score (nSPS) is 13.8. The number of halogens is 2. The van der Waals surface area contributed by atoms with Crippen LogP contribution in [0.3, 0.4) is 0 Å². The molecule has 0 aliphatic heterocycles. The van der Waals surface area contributed by atoms with Gasteiger partial charge in [0.2, 0.25) is 11.8 Å². The lowest BCUT2D eigenvalue weighted by atomic mass is 10.0. The van der Waals surface area contributed by atoms with E-state index in [9.17, 15) is 18.0 Å². The van der Waals surface area contributed by atoms with Gasteiger partial charge in [-0.15, -0.1) is 0 Å². The van der Waals surface area contributed by atoms with Crippen LogP contribution >= 0.6 is 23.2 Å². The summed E-state index contributed by atoms with van der Waals surface area (Å²) in [7, 11) is -1.48. The molecule has 2 amide bonds. The summed E-state index contributed by atoms with van der Waals surface area (Å²) < 4.78 is 40.7. The third kappa shape index (κ3) is 8.91. The van der Waals surface area contributed by atoms with Crippen LogP contribution in [0.2, 0.25) is 10.0 Å². The molecular weight excluding hydrogens is 697 g/mol. The number of sulfonamides is 1. The van der Waals surface area contributed by atoms with Gasteiger partial charge in [0.1, 0.15) is 12.6 Å². The molecule has 0 spiro atoms. The fourth-order valence-corrected chi connectivity index (χ4v) is 7.85. The number of benzene rings is 4. The van der Waals surface area contributed by atoms with Gasteiger partial charge in [-0.3, -0.25) is 13.9 Å². The maximum atomic E-state index is 14.8. The predicted molar refractivity (Wildman–Crippen MR) is 197 cm³/mol. The molecule has 0 aromatic heterocycles. The van der Waals surface area contributed by atoms with Gasteiger partial charge < -0.3 is 19.7 Å².